The summed E-state index contributed by atoms with van der Waals surface area (Å²) in [5.74, 6) is -2.15. The van der Waals surface area contributed by atoms with Gasteiger partial charge in [-0.2, -0.15) is 0 Å². The molecular weight excluding hydrogens is 372 g/mol. The summed E-state index contributed by atoms with van der Waals surface area (Å²) in [5, 5.41) is 0.172. The molecule has 1 aromatic rings. The molecular formula is C15H17F2N3O3S2. The van der Waals surface area contributed by atoms with Crippen LogP contribution in [0.4, 0.5) is 14.5 Å². The number of carbonyl (C=O) groups is 1. The van der Waals surface area contributed by atoms with Gasteiger partial charge in [0.2, 0.25) is 5.91 Å². The SMILES string of the molecule is CN(C)C(=O)CN1C(=S)N(c2ccc(F)cc2F)[C@H]2CS(=O)(=O)C[C@H]21. The summed E-state index contributed by atoms with van der Waals surface area (Å²) >= 11 is 5.40. The van der Waals surface area contributed by atoms with Gasteiger partial charge in [0.1, 0.15) is 11.6 Å². The minimum atomic E-state index is -3.34. The molecule has 0 aliphatic carbocycles. The Hall–Kier alpha value is -1.81. The monoisotopic (exact) mass is 389 g/mol. The van der Waals surface area contributed by atoms with Crippen molar-refractivity contribution in [3.8, 4) is 0 Å². The summed E-state index contributed by atoms with van der Waals surface area (Å²) in [5.41, 5.74) is 0.0123. The number of fused-ring (bicyclic) bond motifs is 1. The number of likely N-dealkylation sites (N-methyl/N-ethyl adjacent to an activating group) is 1. The molecule has 25 heavy (non-hydrogen) atoms. The van der Waals surface area contributed by atoms with Crippen molar-refractivity contribution in [3.63, 3.8) is 0 Å². The number of anilines is 1. The van der Waals surface area contributed by atoms with Gasteiger partial charge in [0.05, 0.1) is 35.8 Å². The van der Waals surface area contributed by atoms with Crippen LogP contribution >= 0.6 is 12.2 Å². The molecule has 0 radical (unpaired) electrons. The second kappa shape index (κ2) is 6.17. The van der Waals surface area contributed by atoms with Crippen LogP contribution in [0.15, 0.2) is 18.2 Å². The number of hydrogen-bond donors (Lipinski definition) is 0. The Balaban J connectivity index is 2.01. The number of hydrogen-bond acceptors (Lipinski definition) is 4. The number of nitrogens with zero attached hydrogens (tertiary/aromatic N) is 3. The molecule has 3 rings (SSSR count). The van der Waals surface area contributed by atoms with Gasteiger partial charge in [0.25, 0.3) is 0 Å². The predicted molar refractivity (Wildman–Crippen MR) is 93.1 cm³/mol. The van der Waals surface area contributed by atoms with E-state index in [0.29, 0.717) is 0 Å². The highest BCUT2D eigenvalue weighted by molar-refractivity contribution is 7.91. The second-order valence-corrected chi connectivity index (χ2v) is 8.89. The van der Waals surface area contributed by atoms with E-state index < -0.39 is 33.6 Å². The largest absolute Gasteiger partial charge is 0.347 e. The Labute approximate surface area is 149 Å². The highest BCUT2D eigenvalue weighted by Gasteiger charge is 2.53. The lowest BCUT2D eigenvalue weighted by Gasteiger charge is -2.26. The highest BCUT2D eigenvalue weighted by Crippen LogP contribution is 2.36. The first-order valence-corrected chi connectivity index (χ1v) is 9.79. The third-order valence-corrected chi connectivity index (χ3v) is 6.58. The Kier molecular flexibility index (Phi) is 4.44. The Bertz CT molecular complexity index is 844. The van der Waals surface area contributed by atoms with Crippen molar-refractivity contribution in [2.24, 2.45) is 0 Å². The second-order valence-electron chi connectivity index (χ2n) is 6.38. The van der Waals surface area contributed by atoms with Crippen molar-refractivity contribution in [1.29, 1.82) is 0 Å². The molecule has 2 aliphatic rings. The maximum Gasteiger partial charge on any atom is 0.241 e. The first kappa shape index (κ1) is 18.0. The molecule has 2 atom stereocenters. The molecule has 10 heteroatoms. The average Bonchev–Trinajstić information content (AvgIpc) is 2.92. The molecule has 2 heterocycles. The topological polar surface area (TPSA) is 60.9 Å². The lowest BCUT2D eigenvalue weighted by atomic mass is 10.1. The van der Waals surface area contributed by atoms with Crippen LogP contribution in [0.5, 0.6) is 0 Å². The van der Waals surface area contributed by atoms with E-state index in [1.165, 1.54) is 20.8 Å². The van der Waals surface area contributed by atoms with E-state index in [4.69, 9.17) is 12.2 Å². The van der Waals surface area contributed by atoms with E-state index in [-0.39, 0.29) is 34.8 Å². The zero-order valence-electron chi connectivity index (χ0n) is 13.6. The van der Waals surface area contributed by atoms with Crippen molar-refractivity contribution in [2.45, 2.75) is 12.1 Å². The number of rotatable bonds is 3. The number of halogens is 2. The zero-order chi connectivity index (χ0) is 18.5. The molecule has 0 unspecified atom stereocenters. The third kappa shape index (κ3) is 3.20. The summed E-state index contributed by atoms with van der Waals surface area (Å²) in [6.07, 6.45) is 0. The van der Waals surface area contributed by atoms with Gasteiger partial charge in [-0.3, -0.25) is 4.79 Å². The highest BCUT2D eigenvalue weighted by atomic mass is 32.2. The molecule has 2 aliphatic heterocycles. The van der Waals surface area contributed by atoms with E-state index >= 15 is 0 Å². The first-order valence-electron chi connectivity index (χ1n) is 7.56. The molecule has 0 N–H and O–H groups in total. The van der Waals surface area contributed by atoms with Crippen molar-refractivity contribution in [1.82, 2.24) is 9.80 Å². The third-order valence-electron chi connectivity index (χ3n) is 4.45. The van der Waals surface area contributed by atoms with Crippen LogP contribution in [0.25, 0.3) is 0 Å². The van der Waals surface area contributed by atoms with E-state index in [1.54, 1.807) is 14.1 Å². The predicted octanol–water partition coefficient (Wildman–Crippen LogP) is 0.626. The van der Waals surface area contributed by atoms with Gasteiger partial charge in [-0.1, -0.05) is 0 Å². The van der Waals surface area contributed by atoms with Crippen molar-refractivity contribution < 1.29 is 22.0 Å². The van der Waals surface area contributed by atoms with E-state index in [1.807, 2.05) is 0 Å². The van der Waals surface area contributed by atoms with Crippen molar-refractivity contribution in [2.75, 3.05) is 37.0 Å². The van der Waals surface area contributed by atoms with Crippen LogP contribution in [0.3, 0.4) is 0 Å². The standard InChI is InChI=1S/C15H17F2N3O3S2/c1-18(2)14(21)6-19-12-7-25(22,23)8-13(12)20(15(19)24)11-4-3-9(16)5-10(11)17/h3-5,12-13H,6-8H2,1-2H3/t12-,13+/m1/s1. The summed E-state index contributed by atoms with van der Waals surface area (Å²) in [6, 6.07) is 1.91. The quantitative estimate of drug-likeness (QED) is 0.707. The number of amides is 1. The number of thiocarbonyl (C=S) groups is 1. The maximum absolute atomic E-state index is 14.3. The smallest absolute Gasteiger partial charge is 0.241 e. The Morgan fingerprint density at radius 1 is 1.28 bits per heavy atom. The van der Waals surface area contributed by atoms with E-state index in [9.17, 15) is 22.0 Å². The van der Waals surface area contributed by atoms with Crippen LogP contribution in [0.1, 0.15) is 0 Å². The fraction of sp³-hybridized carbons (Fsp3) is 0.467. The van der Waals surface area contributed by atoms with E-state index in [2.05, 4.69) is 0 Å². The van der Waals surface area contributed by atoms with Crippen molar-refractivity contribution in [3.05, 3.63) is 29.8 Å². The van der Waals surface area contributed by atoms with Crippen molar-refractivity contribution >= 4 is 38.8 Å². The van der Waals surface area contributed by atoms with Gasteiger partial charge in [-0.05, 0) is 24.4 Å². The average molecular weight is 389 g/mol. The Morgan fingerprint density at radius 3 is 2.52 bits per heavy atom. The van der Waals surface area contributed by atoms with Crippen LogP contribution in [-0.4, -0.2) is 73.5 Å². The van der Waals surface area contributed by atoms with Gasteiger partial charge >= 0.3 is 0 Å². The molecule has 0 spiro atoms. The molecule has 2 saturated heterocycles. The van der Waals surface area contributed by atoms with Gasteiger partial charge in [-0.15, -0.1) is 0 Å². The normalized spacial score (nSPS) is 24.6. The molecule has 0 bridgehead atoms. The molecule has 2 fully saturated rings. The number of benzene rings is 1. The fourth-order valence-corrected chi connectivity index (χ4v) is 5.59. The molecule has 1 amide bonds. The maximum atomic E-state index is 14.3. The summed E-state index contributed by atoms with van der Waals surface area (Å²) in [4.78, 5) is 16.4. The van der Waals surface area contributed by atoms with Crippen LogP contribution in [-0.2, 0) is 14.6 Å². The van der Waals surface area contributed by atoms with Crippen LogP contribution in [0, 0.1) is 11.6 Å². The molecule has 6 nitrogen and oxygen atoms in total. The van der Waals surface area contributed by atoms with Crippen LogP contribution in [0.2, 0.25) is 0 Å². The van der Waals surface area contributed by atoms with E-state index in [0.717, 1.165) is 12.1 Å². The summed E-state index contributed by atoms with van der Waals surface area (Å²) in [7, 11) is -0.174. The minimum Gasteiger partial charge on any atom is -0.347 e. The van der Waals surface area contributed by atoms with Gasteiger partial charge in [0.15, 0.2) is 14.9 Å². The Morgan fingerprint density at radius 2 is 1.92 bits per heavy atom. The molecule has 1 aromatic carbocycles. The molecule has 136 valence electrons. The van der Waals surface area contributed by atoms with Gasteiger partial charge < -0.3 is 14.7 Å². The summed E-state index contributed by atoms with van der Waals surface area (Å²) in [6.45, 7) is -0.0954. The van der Waals surface area contributed by atoms with Gasteiger partial charge in [0, 0.05) is 20.2 Å². The fourth-order valence-electron chi connectivity index (χ4n) is 3.21. The lowest BCUT2D eigenvalue weighted by Crippen LogP contribution is -2.44. The summed E-state index contributed by atoms with van der Waals surface area (Å²) < 4.78 is 51.6. The minimum absolute atomic E-state index is 0.0123. The lowest BCUT2D eigenvalue weighted by molar-refractivity contribution is -0.129. The molecule has 0 aromatic heterocycles. The van der Waals surface area contributed by atoms with Gasteiger partial charge in [-0.25, -0.2) is 17.2 Å². The molecule has 0 saturated carbocycles. The number of carbonyl (C=O) groups excluding carboxylic acids is 1. The first-order chi connectivity index (χ1) is 11.6. The van der Waals surface area contributed by atoms with Crippen LogP contribution < -0.4 is 4.90 Å². The number of sulfone groups is 1. The zero-order valence-corrected chi connectivity index (χ0v) is 15.3.